The third kappa shape index (κ3) is 2.14. The fourth-order valence-corrected chi connectivity index (χ4v) is 1.38. The van der Waals surface area contributed by atoms with Crippen LogP contribution in [0, 0.1) is 0 Å². The van der Waals surface area contributed by atoms with E-state index in [1.54, 1.807) is 30.6 Å². The summed E-state index contributed by atoms with van der Waals surface area (Å²) in [6.45, 7) is 0.177. The summed E-state index contributed by atoms with van der Waals surface area (Å²) in [7, 11) is 0. The Morgan fingerprint density at radius 1 is 1.25 bits per heavy atom. The Morgan fingerprint density at radius 2 is 2.00 bits per heavy atom. The number of aromatic nitrogens is 2. The van der Waals surface area contributed by atoms with Crippen molar-refractivity contribution < 1.29 is 9.90 Å². The van der Waals surface area contributed by atoms with Gasteiger partial charge in [-0.1, -0.05) is 0 Å². The summed E-state index contributed by atoms with van der Waals surface area (Å²) in [6, 6.07) is 5.11. The minimum Gasteiger partial charge on any atom is -0.395 e. The molecule has 0 radical (unpaired) electrons. The smallest absolute Gasteiger partial charge is 0.251 e. The van der Waals surface area contributed by atoms with Crippen molar-refractivity contribution in [2.24, 2.45) is 0 Å². The molecule has 1 aromatic carbocycles. The van der Waals surface area contributed by atoms with E-state index < -0.39 is 0 Å². The van der Waals surface area contributed by atoms with Crippen molar-refractivity contribution in [1.29, 1.82) is 0 Å². The second kappa shape index (κ2) is 4.67. The van der Waals surface area contributed by atoms with E-state index in [0.29, 0.717) is 11.1 Å². The van der Waals surface area contributed by atoms with E-state index in [1.807, 2.05) is 0 Å². The van der Waals surface area contributed by atoms with Crippen LogP contribution in [0.15, 0.2) is 30.6 Å². The highest BCUT2D eigenvalue weighted by Gasteiger charge is 2.05. The zero-order valence-corrected chi connectivity index (χ0v) is 8.55. The molecular weight excluding hydrogens is 206 g/mol. The van der Waals surface area contributed by atoms with Gasteiger partial charge in [0.2, 0.25) is 0 Å². The zero-order valence-electron chi connectivity index (χ0n) is 8.55. The number of hydrogen-bond acceptors (Lipinski definition) is 4. The van der Waals surface area contributed by atoms with Gasteiger partial charge in [-0.15, -0.1) is 0 Å². The molecule has 2 aromatic rings. The molecule has 1 aromatic heterocycles. The molecular formula is C11H11N3O2. The minimum atomic E-state index is -0.221. The molecule has 0 unspecified atom stereocenters. The van der Waals surface area contributed by atoms with Gasteiger partial charge in [0.05, 0.1) is 17.6 Å². The van der Waals surface area contributed by atoms with Crippen molar-refractivity contribution in [3.63, 3.8) is 0 Å². The van der Waals surface area contributed by atoms with Gasteiger partial charge in [-0.2, -0.15) is 0 Å². The Bertz CT molecular complexity index is 513. The van der Waals surface area contributed by atoms with Gasteiger partial charge >= 0.3 is 0 Å². The lowest BCUT2D eigenvalue weighted by Gasteiger charge is -2.03. The van der Waals surface area contributed by atoms with Gasteiger partial charge in [-0.05, 0) is 18.2 Å². The Kier molecular flexibility index (Phi) is 3.07. The molecule has 0 saturated carbocycles. The van der Waals surface area contributed by atoms with E-state index in [-0.39, 0.29) is 19.1 Å². The maximum Gasteiger partial charge on any atom is 0.251 e. The quantitative estimate of drug-likeness (QED) is 0.778. The maximum absolute atomic E-state index is 11.6. The van der Waals surface area contributed by atoms with Crippen LogP contribution in [-0.2, 0) is 0 Å². The third-order valence-corrected chi connectivity index (χ3v) is 2.13. The molecule has 2 rings (SSSR count). The highest BCUT2D eigenvalue weighted by molar-refractivity contribution is 5.97. The number of rotatable bonds is 3. The molecule has 1 amide bonds. The molecule has 0 atom stereocenters. The number of carbonyl (C=O) groups is 1. The van der Waals surface area contributed by atoms with E-state index in [0.717, 1.165) is 5.52 Å². The molecule has 0 spiro atoms. The summed E-state index contributed by atoms with van der Waals surface area (Å²) >= 11 is 0. The summed E-state index contributed by atoms with van der Waals surface area (Å²) in [5.74, 6) is -0.221. The number of benzene rings is 1. The van der Waals surface area contributed by atoms with Crippen LogP contribution in [0.2, 0.25) is 0 Å². The Balaban J connectivity index is 2.28. The van der Waals surface area contributed by atoms with Crippen LogP contribution < -0.4 is 5.32 Å². The van der Waals surface area contributed by atoms with Crippen molar-refractivity contribution in [2.45, 2.75) is 0 Å². The van der Waals surface area contributed by atoms with E-state index in [1.165, 1.54) is 0 Å². The molecule has 0 bridgehead atoms. The van der Waals surface area contributed by atoms with E-state index in [2.05, 4.69) is 15.3 Å². The van der Waals surface area contributed by atoms with Gasteiger partial charge in [0.15, 0.2) is 0 Å². The first-order valence-electron chi connectivity index (χ1n) is 4.91. The summed E-state index contributed by atoms with van der Waals surface area (Å²) in [6.07, 6.45) is 3.19. The first-order chi connectivity index (χ1) is 7.81. The number of aliphatic hydroxyl groups excluding tert-OH is 1. The molecule has 16 heavy (non-hydrogen) atoms. The maximum atomic E-state index is 11.6. The molecule has 5 nitrogen and oxygen atoms in total. The van der Waals surface area contributed by atoms with E-state index >= 15 is 0 Å². The largest absolute Gasteiger partial charge is 0.395 e. The lowest BCUT2D eigenvalue weighted by Crippen LogP contribution is -2.26. The normalized spacial score (nSPS) is 10.3. The first-order valence-corrected chi connectivity index (χ1v) is 4.91. The van der Waals surface area contributed by atoms with Crippen LogP contribution in [0.5, 0.6) is 0 Å². The highest BCUT2D eigenvalue weighted by atomic mass is 16.3. The standard InChI is InChI=1S/C11H11N3O2/c15-6-5-14-11(16)8-1-2-9-10(7-8)13-4-3-12-9/h1-4,7,15H,5-6H2,(H,14,16). The van der Waals surface area contributed by atoms with Gasteiger partial charge in [0, 0.05) is 24.5 Å². The molecule has 0 aliphatic rings. The van der Waals surface area contributed by atoms with Crippen LogP contribution in [0.25, 0.3) is 11.0 Å². The monoisotopic (exact) mass is 217 g/mol. The van der Waals surface area contributed by atoms with Gasteiger partial charge < -0.3 is 10.4 Å². The number of fused-ring (bicyclic) bond motifs is 1. The van der Waals surface area contributed by atoms with Crippen molar-refractivity contribution in [3.8, 4) is 0 Å². The SMILES string of the molecule is O=C(NCCO)c1ccc2nccnc2c1. The number of nitrogens with zero attached hydrogens (tertiary/aromatic N) is 2. The molecule has 0 aliphatic carbocycles. The molecule has 2 N–H and O–H groups in total. The summed E-state index contributed by atoms with van der Waals surface area (Å²) in [5.41, 5.74) is 1.95. The average molecular weight is 217 g/mol. The van der Waals surface area contributed by atoms with Crippen molar-refractivity contribution in [2.75, 3.05) is 13.2 Å². The van der Waals surface area contributed by atoms with E-state index in [4.69, 9.17) is 5.11 Å². The molecule has 0 aliphatic heterocycles. The second-order valence-electron chi connectivity index (χ2n) is 3.24. The summed E-state index contributed by atoms with van der Waals surface area (Å²) < 4.78 is 0. The zero-order chi connectivity index (χ0) is 11.4. The fraction of sp³-hybridized carbons (Fsp3) is 0.182. The number of amides is 1. The van der Waals surface area contributed by atoms with Gasteiger partial charge in [-0.25, -0.2) is 0 Å². The van der Waals surface area contributed by atoms with E-state index in [9.17, 15) is 4.79 Å². The predicted molar refractivity (Wildman–Crippen MR) is 59.0 cm³/mol. The lowest BCUT2D eigenvalue weighted by atomic mass is 10.2. The topological polar surface area (TPSA) is 75.1 Å². The molecule has 5 heteroatoms. The highest BCUT2D eigenvalue weighted by Crippen LogP contribution is 2.10. The van der Waals surface area contributed by atoms with Gasteiger partial charge in [0.1, 0.15) is 0 Å². The second-order valence-corrected chi connectivity index (χ2v) is 3.24. The Hall–Kier alpha value is -2.01. The molecule has 1 heterocycles. The average Bonchev–Trinajstić information content (AvgIpc) is 2.35. The summed E-state index contributed by atoms with van der Waals surface area (Å²) in [5, 5.41) is 11.2. The van der Waals surface area contributed by atoms with Crippen LogP contribution in [0.4, 0.5) is 0 Å². The predicted octanol–water partition coefficient (Wildman–Crippen LogP) is 0.352. The van der Waals surface area contributed by atoms with Crippen molar-refractivity contribution >= 4 is 16.9 Å². The fourth-order valence-electron chi connectivity index (χ4n) is 1.38. The Morgan fingerprint density at radius 3 is 2.75 bits per heavy atom. The van der Waals surface area contributed by atoms with Gasteiger partial charge in [-0.3, -0.25) is 14.8 Å². The number of hydrogen-bond donors (Lipinski definition) is 2. The van der Waals surface area contributed by atoms with Crippen LogP contribution >= 0.6 is 0 Å². The molecule has 0 fully saturated rings. The molecule has 0 saturated heterocycles. The summed E-state index contributed by atoms with van der Waals surface area (Å²) in [4.78, 5) is 19.8. The van der Waals surface area contributed by atoms with Crippen LogP contribution in [-0.4, -0.2) is 34.1 Å². The Labute approximate surface area is 92.2 Å². The van der Waals surface area contributed by atoms with Crippen LogP contribution in [0.1, 0.15) is 10.4 Å². The number of nitrogens with one attached hydrogen (secondary N) is 1. The number of aliphatic hydroxyl groups is 1. The molecule has 82 valence electrons. The minimum absolute atomic E-state index is 0.0703. The third-order valence-electron chi connectivity index (χ3n) is 2.13. The lowest BCUT2D eigenvalue weighted by molar-refractivity contribution is 0.0945. The van der Waals surface area contributed by atoms with Crippen LogP contribution in [0.3, 0.4) is 0 Å². The van der Waals surface area contributed by atoms with Crippen molar-refractivity contribution in [1.82, 2.24) is 15.3 Å². The first kappa shape index (κ1) is 10.5. The number of carbonyl (C=O) groups excluding carboxylic acids is 1. The van der Waals surface area contributed by atoms with Crippen molar-refractivity contribution in [3.05, 3.63) is 36.2 Å². The van der Waals surface area contributed by atoms with Gasteiger partial charge in [0.25, 0.3) is 5.91 Å².